The molecule has 98 valence electrons. The summed E-state index contributed by atoms with van der Waals surface area (Å²) >= 11 is 5.76. The first-order valence-corrected chi connectivity index (χ1v) is 5.96. The fourth-order valence-electron chi connectivity index (χ4n) is 1.40. The zero-order valence-electron chi connectivity index (χ0n) is 10.5. The van der Waals surface area contributed by atoms with Gasteiger partial charge in [0.1, 0.15) is 0 Å². The number of likely N-dealkylation sites (N-methyl/N-ethyl adjacent to an activating group) is 1. The lowest BCUT2D eigenvalue weighted by molar-refractivity contribution is -0.141. The zero-order chi connectivity index (χ0) is 13.5. The Morgan fingerprint density at radius 3 is 2.44 bits per heavy atom. The van der Waals surface area contributed by atoms with E-state index in [0.29, 0.717) is 18.0 Å². The average molecular weight is 270 g/mol. The maximum Gasteiger partial charge on any atom is 0.307 e. The molecule has 1 aromatic rings. The van der Waals surface area contributed by atoms with Crippen LogP contribution in [-0.4, -0.2) is 37.5 Å². The second-order valence-corrected chi connectivity index (χ2v) is 4.38. The maximum absolute atomic E-state index is 11.8. The summed E-state index contributed by atoms with van der Waals surface area (Å²) < 4.78 is 4.52. The molecule has 0 aliphatic heterocycles. The van der Waals surface area contributed by atoms with Gasteiger partial charge in [0.2, 0.25) is 5.91 Å². The number of carbonyl (C=O) groups excluding carboxylic acids is 2. The normalized spacial score (nSPS) is 9.94. The zero-order valence-corrected chi connectivity index (χ0v) is 11.2. The van der Waals surface area contributed by atoms with Crippen LogP contribution in [0.15, 0.2) is 24.3 Å². The van der Waals surface area contributed by atoms with E-state index in [1.165, 1.54) is 12.0 Å². The molecule has 0 saturated carbocycles. The van der Waals surface area contributed by atoms with Gasteiger partial charge in [-0.25, -0.2) is 0 Å². The van der Waals surface area contributed by atoms with Gasteiger partial charge in [-0.3, -0.25) is 9.59 Å². The monoisotopic (exact) mass is 269 g/mol. The molecular formula is C13H16ClNO3. The van der Waals surface area contributed by atoms with Crippen molar-refractivity contribution < 1.29 is 14.3 Å². The molecule has 1 rings (SSSR count). The number of benzene rings is 1. The van der Waals surface area contributed by atoms with Gasteiger partial charge in [-0.2, -0.15) is 0 Å². The van der Waals surface area contributed by atoms with E-state index in [1.807, 2.05) is 12.1 Å². The molecule has 0 unspecified atom stereocenters. The standard InChI is InChI=1S/C13H16ClNO3/c1-15(8-7-13(17)18-2)12(16)9-10-3-5-11(14)6-4-10/h3-6H,7-9H2,1-2H3. The van der Waals surface area contributed by atoms with Gasteiger partial charge in [-0.15, -0.1) is 0 Å². The minimum Gasteiger partial charge on any atom is -0.469 e. The Labute approximate surface area is 111 Å². The van der Waals surface area contributed by atoms with Crippen molar-refractivity contribution in [1.82, 2.24) is 4.90 Å². The summed E-state index contributed by atoms with van der Waals surface area (Å²) in [7, 11) is 3.00. The molecule has 0 bridgehead atoms. The molecule has 0 aliphatic rings. The number of halogens is 1. The smallest absolute Gasteiger partial charge is 0.307 e. The van der Waals surface area contributed by atoms with Crippen LogP contribution >= 0.6 is 11.6 Å². The minimum absolute atomic E-state index is 0.0405. The highest BCUT2D eigenvalue weighted by Gasteiger charge is 2.11. The van der Waals surface area contributed by atoms with Gasteiger partial charge < -0.3 is 9.64 Å². The fraction of sp³-hybridized carbons (Fsp3) is 0.385. The van der Waals surface area contributed by atoms with Crippen molar-refractivity contribution in [2.45, 2.75) is 12.8 Å². The Morgan fingerprint density at radius 1 is 1.28 bits per heavy atom. The van der Waals surface area contributed by atoms with E-state index in [4.69, 9.17) is 11.6 Å². The second-order valence-electron chi connectivity index (χ2n) is 3.94. The number of amides is 1. The number of carbonyl (C=O) groups is 2. The molecule has 4 nitrogen and oxygen atoms in total. The maximum atomic E-state index is 11.8. The Balaban J connectivity index is 2.44. The van der Waals surface area contributed by atoms with Crippen LogP contribution in [0.4, 0.5) is 0 Å². The van der Waals surface area contributed by atoms with Gasteiger partial charge in [0.25, 0.3) is 0 Å². The van der Waals surface area contributed by atoms with Crippen LogP contribution in [0.5, 0.6) is 0 Å². The Kier molecular flexibility index (Phi) is 5.65. The highest BCUT2D eigenvalue weighted by atomic mass is 35.5. The number of methoxy groups -OCH3 is 1. The summed E-state index contributed by atoms with van der Waals surface area (Å²) in [6.07, 6.45) is 0.508. The van der Waals surface area contributed by atoms with Crippen molar-refractivity contribution in [2.24, 2.45) is 0 Å². The van der Waals surface area contributed by atoms with Crippen LogP contribution in [0.1, 0.15) is 12.0 Å². The first kappa shape index (κ1) is 14.5. The third-order valence-electron chi connectivity index (χ3n) is 2.57. The Bertz CT molecular complexity index is 417. The summed E-state index contributed by atoms with van der Waals surface area (Å²) in [6.45, 7) is 0.360. The van der Waals surface area contributed by atoms with Gasteiger partial charge in [0.05, 0.1) is 20.0 Å². The van der Waals surface area contributed by atoms with Gasteiger partial charge in [0, 0.05) is 18.6 Å². The van der Waals surface area contributed by atoms with Gasteiger partial charge in [0.15, 0.2) is 0 Å². The van der Waals surface area contributed by atoms with E-state index >= 15 is 0 Å². The minimum atomic E-state index is -0.318. The summed E-state index contributed by atoms with van der Waals surface area (Å²) in [5.41, 5.74) is 0.898. The van der Waals surface area contributed by atoms with Gasteiger partial charge in [-0.05, 0) is 17.7 Å². The Morgan fingerprint density at radius 2 is 1.89 bits per heavy atom. The topological polar surface area (TPSA) is 46.6 Å². The predicted molar refractivity (Wildman–Crippen MR) is 69.4 cm³/mol. The van der Waals surface area contributed by atoms with E-state index in [2.05, 4.69) is 4.74 Å². The summed E-state index contributed by atoms with van der Waals surface area (Å²) in [4.78, 5) is 24.3. The van der Waals surface area contributed by atoms with Crippen LogP contribution in [0.3, 0.4) is 0 Å². The number of nitrogens with zero attached hydrogens (tertiary/aromatic N) is 1. The molecule has 1 aromatic carbocycles. The molecule has 0 saturated heterocycles. The largest absolute Gasteiger partial charge is 0.469 e. The van der Waals surface area contributed by atoms with E-state index < -0.39 is 0 Å². The van der Waals surface area contributed by atoms with Crippen LogP contribution in [0.25, 0.3) is 0 Å². The molecule has 0 N–H and O–H groups in total. The van der Waals surface area contributed by atoms with E-state index in [-0.39, 0.29) is 18.3 Å². The third kappa shape index (κ3) is 4.75. The van der Waals surface area contributed by atoms with E-state index in [9.17, 15) is 9.59 Å². The van der Waals surface area contributed by atoms with Crippen LogP contribution in [-0.2, 0) is 20.7 Å². The van der Waals surface area contributed by atoms with Crippen molar-refractivity contribution in [3.63, 3.8) is 0 Å². The van der Waals surface area contributed by atoms with Gasteiger partial charge >= 0.3 is 5.97 Å². The quantitative estimate of drug-likeness (QED) is 0.767. The lowest BCUT2D eigenvalue weighted by atomic mass is 10.1. The summed E-state index contributed by atoms with van der Waals surface area (Å²) in [5, 5.41) is 0.644. The van der Waals surface area contributed by atoms with Gasteiger partial charge in [-0.1, -0.05) is 23.7 Å². The molecule has 5 heteroatoms. The first-order chi connectivity index (χ1) is 8.52. The number of rotatable bonds is 5. The summed E-state index contributed by atoms with van der Waals surface area (Å²) in [6, 6.07) is 7.12. The number of hydrogen-bond acceptors (Lipinski definition) is 3. The summed E-state index contributed by atoms with van der Waals surface area (Å²) in [5.74, 6) is -0.359. The fourth-order valence-corrected chi connectivity index (χ4v) is 1.52. The molecule has 0 aliphatic carbocycles. The lowest BCUT2D eigenvalue weighted by Crippen LogP contribution is -2.30. The third-order valence-corrected chi connectivity index (χ3v) is 2.83. The molecule has 18 heavy (non-hydrogen) atoms. The van der Waals surface area contributed by atoms with E-state index in [1.54, 1.807) is 19.2 Å². The van der Waals surface area contributed by atoms with Crippen molar-refractivity contribution in [1.29, 1.82) is 0 Å². The Hall–Kier alpha value is -1.55. The van der Waals surface area contributed by atoms with E-state index in [0.717, 1.165) is 5.56 Å². The number of ether oxygens (including phenoxy) is 1. The molecular weight excluding hydrogens is 254 g/mol. The van der Waals surface area contributed by atoms with Crippen molar-refractivity contribution in [2.75, 3.05) is 20.7 Å². The molecule has 0 fully saturated rings. The van der Waals surface area contributed by atoms with Crippen molar-refractivity contribution in [3.8, 4) is 0 Å². The molecule has 0 radical (unpaired) electrons. The molecule has 0 heterocycles. The molecule has 0 spiro atoms. The average Bonchev–Trinajstić information content (AvgIpc) is 2.38. The van der Waals surface area contributed by atoms with Crippen LogP contribution in [0.2, 0.25) is 5.02 Å². The lowest BCUT2D eigenvalue weighted by Gasteiger charge is -2.16. The number of esters is 1. The first-order valence-electron chi connectivity index (χ1n) is 5.58. The second kappa shape index (κ2) is 7.01. The molecule has 0 atom stereocenters. The van der Waals surface area contributed by atoms with Crippen LogP contribution in [0, 0.1) is 0 Å². The van der Waals surface area contributed by atoms with Crippen LogP contribution < -0.4 is 0 Å². The number of hydrogen-bond donors (Lipinski definition) is 0. The SMILES string of the molecule is COC(=O)CCN(C)C(=O)Cc1ccc(Cl)cc1. The molecule has 0 aromatic heterocycles. The van der Waals surface area contributed by atoms with Crippen molar-refractivity contribution >= 4 is 23.5 Å². The van der Waals surface area contributed by atoms with Crippen molar-refractivity contribution in [3.05, 3.63) is 34.9 Å². The molecule has 1 amide bonds. The highest BCUT2D eigenvalue weighted by molar-refractivity contribution is 6.30. The highest BCUT2D eigenvalue weighted by Crippen LogP contribution is 2.10. The predicted octanol–water partition coefficient (Wildman–Crippen LogP) is 1.90.